The molecule has 0 fully saturated rings. The van der Waals surface area contributed by atoms with E-state index in [1.807, 2.05) is 28.9 Å². The SMILES string of the molecule is CCC(CC)c1c(C#N)nnn1CCCOc1ccc(C)cc1. The van der Waals surface area contributed by atoms with Crippen LogP contribution >= 0.6 is 0 Å². The van der Waals surface area contributed by atoms with Crippen molar-refractivity contribution < 1.29 is 4.74 Å². The lowest BCUT2D eigenvalue weighted by Gasteiger charge is -2.14. The summed E-state index contributed by atoms with van der Waals surface area (Å²) in [4.78, 5) is 0. The Morgan fingerprint density at radius 1 is 1.22 bits per heavy atom. The highest BCUT2D eigenvalue weighted by Crippen LogP contribution is 2.25. The molecule has 0 N–H and O–H groups in total. The largest absolute Gasteiger partial charge is 0.494 e. The molecule has 0 aliphatic rings. The maximum atomic E-state index is 9.22. The monoisotopic (exact) mass is 312 g/mol. The molecule has 1 aromatic carbocycles. The van der Waals surface area contributed by atoms with E-state index < -0.39 is 0 Å². The van der Waals surface area contributed by atoms with Crippen LogP contribution in [-0.4, -0.2) is 21.6 Å². The van der Waals surface area contributed by atoms with Gasteiger partial charge in [0.05, 0.1) is 12.3 Å². The Bertz CT molecular complexity index is 651. The van der Waals surface area contributed by atoms with Crippen molar-refractivity contribution in [1.82, 2.24) is 15.0 Å². The molecule has 0 radical (unpaired) electrons. The summed E-state index contributed by atoms with van der Waals surface area (Å²) in [7, 11) is 0. The molecule has 0 saturated heterocycles. The van der Waals surface area contributed by atoms with Crippen LogP contribution in [0.25, 0.3) is 0 Å². The lowest BCUT2D eigenvalue weighted by Crippen LogP contribution is -2.12. The van der Waals surface area contributed by atoms with Crippen molar-refractivity contribution in [2.45, 2.75) is 52.5 Å². The first-order valence-corrected chi connectivity index (χ1v) is 8.22. The second-order valence-corrected chi connectivity index (χ2v) is 5.69. The van der Waals surface area contributed by atoms with Crippen LogP contribution < -0.4 is 4.74 Å². The van der Waals surface area contributed by atoms with E-state index in [1.54, 1.807) is 0 Å². The summed E-state index contributed by atoms with van der Waals surface area (Å²) in [6, 6.07) is 10.2. The lowest BCUT2D eigenvalue weighted by molar-refractivity contribution is 0.296. The predicted octanol–water partition coefficient (Wildman–Crippen LogP) is 3.83. The van der Waals surface area contributed by atoms with Crippen molar-refractivity contribution in [2.24, 2.45) is 0 Å². The van der Waals surface area contributed by atoms with Gasteiger partial charge in [0.2, 0.25) is 0 Å². The second-order valence-electron chi connectivity index (χ2n) is 5.69. The van der Waals surface area contributed by atoms with Crippen molar-refractivity contribution in [3.05, 3.63) is 41.2 Å². The highest BCUT2D eigenvalue weighted by molar-refractivity contribution is 5.28. The Morgan fingerprint density at radius 3 is 2.52 bits per heavy atom. The van der Waals surface area contributed by atoms with Crippen molar-refractivity contribution in [3.63, 3.8) is 0 Å². The van der Waals surface area contributed by atoms with E-state index in [-0.39, 0.29) is 0 Å². The zero-order valence-corrected chi connectivity index (χ0v) is 14.1. The van der Waals surface area contributed by atoms with Crippen LogP contribution in [0.1, 0.15) is 56.0 Å². The van der Waals surface area contributed by atoms with Gasteiger partial charge < -0.3 is 4.74 Å². The van der Waals surface area contributed by atoms with Gasteiger partial charge in [0.15, 0.2) is 5.69 Å². The van der Waals surface area contributed by atoms with E-state index in [1.165, 1.54) is 5.56 Å². The van der Waals surface area contributed by atoms with Gasteiger partial charge in [-0.05, 0) is 31.9 Å². The van der Waals surface area contributed by atoms with Gasteiger partial charge in [0.25, 0.3) is 0 Å². The van der Waals surface area contributed by atoms with Crippen molar-refractivity contribution in [2.75, 3.05) is 6.61 Å². The first kappa shape index (κ1) is 17.0. The summed E-state index contributed by atoms with van der Waals surface area (Å²) in [6.07, 6.45) is 2.80. The Hall–Kier alpha value is -2.35. The molecule has 23 heavy (non-hydrogen) atoms. The Labute approximate surface area is 137 Å². The number of benzene rings is 1. The molecule has 0 unspecified atom stereocenters. The molecule has 5 heteroatoms. The third-order valence-electron chi connectivity index (χ3n) is 4.06. The quantitative estimate of drug-likeness (QED) is 0.695. The van der Waals surface area contributed by atoms with Gasteiger partial charge in [-0.25, -0.2) is 4.68 Å². The van der Waals surface area contributed by atoms with Crippen molar-refractivity contribution >= 4 is 0 Å². The molecule has 0 spiro atoms. The summed E-state index contributed by atoms with van der Waals surface area (Å²) < 4.78 is 7.61. The molecule has 1 aromatic heterocycles. The van der Waals surface area contributed by atoms with Gasteiger partial charge in [0, 0.05) is 18.9 Å². The molecule has 0 bridgehead atoms. The number of nitrogens with zero attached hydrogens (tertiary/aromatic N) is 4. The number of ether oxygens (including phenoxy) is 1. The predicted molar refractivity (Wildman–Crippen MR) is 89.4 cm³/mol. The molecule has 1 heterocycles. The minimum absolute atomic E-state index is 0.331. The number of hydrogen-bond donors (Lipinski definition) is 0. The number of nitriles is 1. The van der Waals surface area contributed by atoms with Crippen LogP contribution in [0, 0.1) is 18.3 Å². The first-order valence-electron chi connectivity index (χ1n) is 8.22. The molecule has 0 aliphatic carbocycles. The standard InChI is InChI=1S/C18H24N4O/c1-4-15(5-2)18-17(13-19)20-21-22(18)11-6-12-23-16-9-7-14(3)8-10-16/h7-10,15H,4-6,11-12H2,1-3H3. The summed E-state index contributed by atoms with van der Waals surface area (Å²) in [6.45, 7) is 7.65. The Morgan fingerprint density at radius 2 is 1.91 bits per heavy atom. The molecule has 0 atom stereocenters. The summed E-state index contributed by atoms with van der Waals surface area (Å²) in [5.41, 5.74) is 2.64. The molecule has 122 valence electrons. The van der Waals surface area contributed by atoms with E-state index in [0.29, 0.717) is 24.8 Å². The van der Waals surface area contributed by atoms with E-state index in [9.17, 15) is 5.26 Å². The van der Waals surface area contributed by atoms with Gasteiger partial charge in [0.1, 0.15) is 11.8 Å². The number of rotatable bonds is 8. The fourth-order valence-electron chi connectivity index (χ4n) is 2.68. The van der Waals surface area contributed by atoms with Crippen LogP contribution in [0.4, 0.5) is 0 Å². The third kappa shape index (κ3) is 4.32. The molecule has 0 amide bonds. The maximum absolute atomic E-state index is 9.22. The lowest BCUT2D eigenvalue weighted by atomic mass is 9.97. The van der Waals surface area contributed by atoms with Crippen LogP contribution in [0.3, 0.4) is 0 Å². The van der Waals surface area contributed by atoms with Crippen molar-refractivity contribution in [1.29, 1.82) is 5.26 Å². The fraction of sp³-hybridized carbons (Fsp3) is 0.500. The molecule has 5 nitrogen and oxygen atoms in total. The zero-order chi connectivity index (χ0) is 16.7. The molecular formula is C18H24N4O. The molecule has 2 aromatic rings. The highest BCUT2D eigenvalue weighted by Gasteiger charge is 2.19. The molecule has 2 rings (SSSR count). The minimum atomic E-state index is 0.331. The maximum Gasteiger partial charge on any atom is 0.186 e. The smallest absolute Gasteiger partial charge is 0.186 e. The highest BCUT2D eigenvalue weighted by atomic mass is 16.5. The topological polar surface area (TPSA) is 63.7 Å². The van der Waals surface area contributed by atoms with Crippen molar-refractivity contribution in [3.8, 4) is 11.8 Å². The van der Waals surface area contributed by atoms with E-state index in [0.717, 1.165) is 30.7 Å². The van der Waals surface area contributed by atoms with E-state index in [2.05, 4.69) is 37.2 Å². The normalized spacial score (nSPS) is 10.7. The van der Waals surface area contributed by atoms with E-state index in [4.69, 9.17) is 4.74 Å². The van der Waals surface area contributed by atoms with E-state index >= 15 is 0 Å². The summed E-state index contributed by atoms with van der Waals surface area (Å²) in [5, 5.41) is 17.4. The van der Waals surface area contributed by atoms with Gasteiger partial charge in [-0.15, -0.1) is 5.10 Å². The molecule has 0 aliphatic heterocycles. The van der Waals surface area contributed by atoms with Gasteiger partial charge in [-0.2, -0.15) is 5.26 Å². The third-order valence-corrected chi connectivity index (χ3v) is 4.06. The van der Waals surface area contributed by atoms with Crippen LogP contribution in [-0.2, 0) is 6.54 Å². The van der Waals surface area contributed by atoms with Crippen LogP contribution in [0.2, 0.25) is 0 Å². The van der Waals surface area contributed by atoms with Crippen LogP contribution in [0.15, 0.2) is 24.3 Å². The fourth-order valence-corrected chi connectivity index (χ4v) is 2.68. The van der Waals surface area contributed by atoms with Gasteiger partial charge in [-0.1, -0.05) is 36.8 Å². The van der Waals surface area contributed by atoms with Gasteiger partial charge >= 0.3 is 0 Å². The minimum Gasteiger partial charge on any atom is -0.494 e. The summed E-state index contributed by atoms with van der Waals surface area (Å²) >= 11 is 0. The van der Waals surface area contributed by atoms with Gasteiger partial charge in [-0.3, -0.25) is 0 Å². The first-order chi connectivity index (χ1) is 11.2. The second kappa shape index (κ2) is 8.33. The average molecular weight is 312 g/mol. The molecule has 0 saturated carbocycles. The zero-order valence-electron chi connectivity index (χ0n) is 14.1. The molecular weight excluding hydrogens is 288 g/mol. The number of hydrogen-bond acceptors (Lipinski definition) is 4. The summed E-state index contributed by atoms with van der Waals surface area (Å²) in [5.74, 6) is 1.21. The number of aryl methyl sites for hydroxylation is 2. The Balaban J connectivity index is 1.94. The Kier molecular flexibility index (Phi) is 6.16. The van der Waals surface area contributed by atoms with Crippen LogP contribution in [0.5, 0.6) is 5.75 Å². The average Bonchev–Trinajstić information content (AvgIpc) is 2.97. The number of aromatic nitrogens is 3.